The van der Waals surface area contributed by atoms with Crippen molar-refractivity contribution in [1.29, 1.82) is 0 Å². The molecule has 2 heterocycles. The van der Waals surface area contributed by atoms with E-state index in [1.54, 1.807) is 12.1 Å². The fourth-order valence-corrected chi connectivity index (χ4v) is 3.25. The Morgan fingerprint density at radius 3 is 2.72 bits per heavy atom. The van der Waals surface area contributed by atoms with Crippen molar-refractivity contribution >= 4 is 5.69 Å². The molecule has 4 rings (SSSR count). The first-order chi connectivity index (χ1) is 14.1. The Bertz CT molecular complexity index is 1030. The van der Waals surface area contributed by atoms with Crippen molar-refractivity contribution in [2.24, 2.45) is 0 Å². The van der Waals surface area contributed by atoms with Crippen molar-refractivity contribution in [2.75, 3.05) is 19.7 Å². The lowest BCUT2D eigenvalue weighted by Crippen LogP contribution is -2.33. The number of benzene rings is 2. The van der Waals surface area contributed by atoms with Gasteiger partial charge in [-0.3, -0.25) is 10.1 Å². The highest BCUT2D eigenvalue weighted by molar-refractivity contribution is 5.66. The highest BCUT2D eigenvalue weighted by Gasteiger charge is 2.20. The van der Waals surface area contributed by atoms with E-state index in [0.717, 1.165) is 17.7 Å². The Morgan fingerprint density at radius 2 is 1.97 bits per heavy atom. The van der Waals surface area contributed by atoms with E-state index in [1.807, 2.05) is 30.3 Å². The molecule has 0 saturated carbocycles. The van der Waals surface area contributed by atoms with Gasteiger partial charge in [-0.05, 0) is 17.7 Å². The molecular formula is C21H20N4O4. The molecule has 0 spiro atoms. The number of aromatic nitrogens is 2. The maximum atomic E-state index is 11.2. The normalized spacial score (nSPS) is 16.5. The molecule has 0 amide bonds. The van der Waals surface area contributed by atoms with E-state index >= 15 is 0 Å². The number of nitro groups is 1. The number of nitrogens with one attached hydrogen (secondary N) is 1. The quantitative estimate of drug-likeness (QED) is 0.507. The lowest BCUT2D eigenvalue weighted by molar-refractivity contribution is -0.384. The number of hydrogen-bond acceptors (Lipinski definition) is 7. The van der Waals surface area contributed by atoms with Crippen LogP contribution in [0.2, 0.25) is 0 Å². The second kappa shape index (κ2) is 8.44. The Morgan fingerprint density at radius 1 is 1.14 bits per heavy atom. The van der Waals surface area contributed by atoms with E-state index in [4.69, 9.17) is 9.72 Å². The van der Waals surface area contributed by atoms with Gasteiger partial charge in [0.15, 0.2) is 5.82 Å². The number of non-ortho nitro benzene ring substituents is 1. The number of morpholine rings is 1. The first-order valence-corrected chi connectivity index (χ1v) is 9.30. The van der Waals surface area contributed by atoms with Crippen LogP contribution in [0.25, 0.3) is 22.6 Å². The summed E-state index contributed by atoms with van der Waals surface area (Å²) < 4.78 is 5.85. The van der Waals surface area contributed by atoms with Crippen LogP contribution in [0.4, 0.5) is 5.69 Å². The maximum Gasteiger partial charge on any atom is 0.270 e. The zero-order valence-electron chi connectivity index (χ0n) is 15.6. The zero-order valence-corrected chi connectivity index (χ0v) is 15.6. The summed E-state index contributed by atoms with van der Waals surface area (Å²) in [6, 6.07) is 15.5. The summed E-state index contributed by atoms with van der Waals surface area (Å²) in [5.41, 5.74) is 3.43. The van der Waals surface area contributed by atoms with Crippen molar-refractivity contribution < 1.29 is 14.8 Å². The number of ether oxygens (including phenoxy) is 1. The third-order valence-electron chi connectivity index (χ3n) is 4.72. The smallest absolute Gasteiger partial charge is 0.270 e. The summed E-state index contributed by atoms with van der Waals surface area (Å²) in [5, 5.41) is 23.9. The van der Waals surface area contributed by atoms with Gasteiger partial charge in [-0.25, -0.2) is 9.97 Å². The van der Waals surface area contributed by atoms with Crippen molar-refractivity contribution in [3.8, 4) is 22.6 Å². The molecule has 8 heteroatoms. The van der Waals surface area contributed by atoms with Crippen molar-refractivity contribution in [3.63, 3.8) is 0 Å². The van der Waals surface area contributed by atoms with Gasteiger partial charge in [0, 0.05) is 36.3 Å². The van der Waals surface area contributed by atoms with Gasteiger partial charge in [0.05, 0.1) is 29.5 Å². The van der Waals surface area contributed by atoms with Crippen molar-refractivity contribution in [1.82, 2.24) is 15.3 Å². The molecular weight excluding hydrogens is 372 g/mol. The second-order valence-corrected chi connectivity index (χ2v) is 6.73. The van der Waals surface area contributed by atoms with Crippen molar-refractivity contribution in [2.45, 2.75) is 12.7 Å². The molecule has 29 heavy (non-hydrogen) atoms. The van der Waals surface area contributed by atoms with Crippen LogP contribution in [0, 0.1) is 10.1 Å². The van der Waals surface area contributed by atoms with Crippen LogP contribution in [0.5, 0.6) is 0 Å². The molecule has 2 aromatic carbocycles. The molecule has 1 aliphatic heterocycles. The third kappa shape index (κ3) is 4.29. The zero-order chi connectivity index (χ0) is 20.2. The number of nitrogens with zero attached hydrogens (tertiary/aromatic N) is 3. The second-order valence-electron chi connectivity index (χ2n) is 6.73. The van der Waals surface area contributed by atoms with Crippen LogP contribution < -0.4 is 5.32 Å². The van der Waals surface area contributed by atoms with Crippen LogP contribution in [0.1, 0.15) is 17.4 Å². The molecule has 148 valence electrons. The number of hydrogen-bond donors (Lipinski definition) is 2. The number of rotatable bonds is 5. The van der Waals surface area contributed by atoms with Gasteiger partial charge in [-0.15, -0.1) is 0 Å². The van der Waals surface area contributed by atoms with Gasteiger partial charge in [0.1, 0.15) is 6.10 Å². The van der Waals surface area contributed by atoms with E-state index in [-0.39, 0.29) is 18.4 Å². The maximum absolute atomic E-state index is 11.2. The molecule has 1 unspecified atom stereocenters. The Balaban J connectivity index is 1.83. The summed E-state index contributed by atoms with van der Waals surface area (Å²) >= 11 is 0. The van der Waals surface area contributed by atoms with Crippen molar-refractivity contribution in [3.05, 3.63) is 76.0 Å². The van der Waals surface area contributed by atoms with Crippen LogP contribution in [-0.4, -0.2) is 39.7 Å². The summed E-state index contributed by atoms with van der Waals surface area (Å²) in [5.74, 6) is 0.480. The SMILES string of the molecule is O=[N+]([O-])c1cccc(-c2cc(C3CNCCO3)nc(-c3cccc(CO)c3)n2)c1. The fraction of sp³-hybridized carbons (Fsp3) is 0.238. The summed E-state index contributed by atoms with van der Waals surface area (Å²) in [4.78, 5) is 20.1. The minimum Gasteiger partial charge on any atom is -0.392 e. The van der Waals surface area contributed by atoms with Gasteiger partial charge >= 0.3 is 0 Å². The molecule has 2 N–H and O–H groups in total. The summed E-state index contributed by atoms with van der Waals surface area (Å²) in [6.07, 6.45) is -0.232. The Hall–Kier alpha value is -3.20. The number of aliphatic hydroxyl groups excluding tert-OH is 1. The van der Waals surface area contributed by atoms with Crippen LogP contribution in [0.15, 0.2) is 54.6 Å². The van der Waals surface area contributed by atoms with Crippen LogP contribution in [-0.2, 0) is 11.3 Å². The Kier molecular flexibility index (Phi) is 5.57. The minimum absolute atomic E-state index is 0.00192. The van der Waals surface area contributed by atoms with Gasteiger partial charge in [-0.1, -0.05) is 30.3 Å². The molecule has 1 saturated heterocycles. The topological polar surface area (TPSA) is 110 Å². The molecule has 3 aromatic rings. The predicted molar refractivity (Wildman–Crippen MR) is 107 cm³/mol. The van der Waals surface area contributed by atoms with E-state index in [9.17, 15) is 15.2 Å². The third-order valence-corrected chi connectivity index (χ3v) is 4.72. The molecule has 1 aliphatic rings. The first kappa shape index (κ1) is 19.1. The molecule has 1 atom stereocenters. The monoisotopic (exact) mass is 392 g/mol. The minimum atomic E-state index is -0.425. The fourth-order valence-electron chi connectivity index (χ4n) is 3.25. The van der Waals surface area contributed by atoms with E-state index < -0.39 is 4.92 Å². The standard InChI is InChI=1S/C21H20N4O4/c26-13-14-3-1-5-16(9-14)21-23-18(15-4-2-6-17(10-15)25(27)28)11-19(24-21)20-12-22-7-8-29-20/h1-6,9-11,20,22,26H,7-8,12-13H2. The highest BCUT2D eigenvalue weighted by atomic mass is 16.6. The van der Waals surface area contributed by atoms with Crippen LogP contribution >= 0.6 is 0 Å². The Labute approximate surface area is 167 Å². The average Bonchev–Trinajstić information content (AvgIpc) is 2.79. The molecule has 0 bridgehead atoms. The molecule has 0 aliphatic carbocycles. The summed E-state index contributed by atoms with van der Waals surface area (Å²) in [6.45, 7) is 1.91. The average molecular weight is 392 g/mol. The largest absolute Gasteiger partial charge is 0.392 e. The molecule has 1 fully saturated rings. The molecule has 1 aromatic heterocycles. The number of aliphatic hydroxyl groups is 1. The van der Waals surface area contributed by atoms with Gasteiger partial charge in [0.2, 0.25) is 0 Å². The highest BCUT2D eigenvalue weighted by Crippen LogP contribution is 2.28. The lowest BCUT2D eigenvalue weighted by Gasteiger charge is -2.24. The first-order valence-electron chi connectivity index (χ1n) is 9.30. The van der Waals surface area contributed by atoms with E-state index in [0.29, 0.717) is 35.9 Å². The predicted octanol–water partition coefficient (Wildman–Crippen LogP) is 2.87. The van der Waals surface area contributed by atoms with Gasteiger partial charge < -0.3 is 15.2 Å². The van der Waals surface area contributed by atoms with Crippen LogP contribution in [0.3, 0.4) is 0 Å². The van der Waals surface area contributed by atoms with E-state index in [1.165, 1.54) is 12.1 Å². The van der Waals surface area contributed by atoms with E-state index in [2.05, 4.69) is 10.3 Å². The summed E-state index contributed by atoms with van der Waals surface area (Å²) in [7, 11) is 0. The number of nitro benzene ring substituents is 1. The van der Waals surface area contributed by atoms with Gasteiger partial charge in [-0.2, -0.15) is 0 Å². The molecule has 8 nitrogen and oxygen atoms in total. The van der Waals surface area contributed by atoms with Gasteiger partial charge in [0.25, 0.3) is 5.69 Å². The molecule has 0 radical (unpaired) electrons. The lowest BCUT2D eigenvalue weighted by atomic mass is 10.1.